The van der Waals surface area contributed by atoms with Gasteiger partial charge in [0.2, 0.25) is 0 Å². The Morgan fingerprint density at radius 2 is 1.96 bits per heavy atom. The van der Waals surface area contributed by atoms with Gasteiger partial charge in [-0.1, -0.05) is 12.1 Å². The van der Waals surface area contributed by atoms with Crippen LogP contribution < -0.4 is 20.1 Å². The lowest BCUT2D eigenvalue weighted by Crippen LogP contribution is -2.37. The van der Waals surface area contributed by atoms with Crippen molar-refractivity contribution in [1.82, 2.24) is 10.3 Å². The summed E-state index contributed by atoms with van der Waals surface area (Å²) in [5.74, 6) is 1.10. The Hall–Kier alpha value is -2.80. The number of thiophene rings is 1. The minimum atomic E-state index is -0.418. The number of methoxy groups -OCH3 is 2. The van der Waals surface area contributed by atoms with Crippen molar-refractivity contribution in [3.05, 3.63) is 46.0 Å². The Bertz CT molecular complexity index is 1030. The van der Waals surface area contributed by atoms with Gasteiger partial charge in [-0.25, -0.2) is 4.98 Å². The first-order valence-electron chi connectivity index (χ1n) is 8.22. The first-order valence-corrected chi connectivity index (χ1v) is 9.04. The molecule has 0 unspecified atom stereocenters. The van der Waals surface area contributed by atoms with Crippen LogP contribution in [0.5, 0.6) is 11.5 Å². The number of benzene rings is 1. The quantitative estimate of drug-likeness (QED) is 0.735. The summed E-state index contributed by atoms with van der Waals surface area (Å²) in [5, 5.41) is 7.46. The highest BCUT2D eigenvalue weighted by molar-refractivity contribution is 7.21. The molecule has 3 heterocycles. The molecule has 7 heteroatoms. The summed E-state index contributed by atoms with van der Waals surface area (Å²) in [6, 6.07) is 7.65. The zero-order valence-corrected chi connectivity index (χ0v) is 15.8. The Labute approximate surface area is 155 Å². The monoisotopic (exact) mass is 369 g/mol. The van der Waals surface area contributed by atoms with Gasteiger partial charge in [0.25, 0.3) is 5.91 Å². The highest BCUT2D eigenvalue weighted by atomic mass is 32.1. The number of ether oxygens (including phenoxy) is 2. The molecule has 1 aliphatic rings. The van der Waals surface area contributed by atoms with Crippen LogP contribution >= 0.6 is 11.3 Å². The highest BCUT2D eigenvalue weighted by Gasteiger charge is 2.31. The van der Waals surface area contributed by atoms with Crippen LogP contribution in [0.25, 0.3) is 10.2 Å². The zero-order chi connectivity index (χ0) is 18.4. The number of nitrogens with one attached hydrogen (secondary N) is 2. The summed E-state index contributed by atoms with van der Waals surface area (Å²) >= 11 is 1.41. The number of rotatable bonds is 3. The summed E-state index contributed by atoms with van der Waals surface area (Å²) in [7, 11) is 3.19. The number of para-hydroxylation sites is 1. The maximum Gasteiger partial charge on any atom is 0.265 e. The van der Waals surface area contributed by atoms with Crippen molar-refractivity contribution in [3.63, 3.8) is 0 Å². The Morgan fingerprint density at radius 1 is 1.15 bits per heavy atom. The second kappa shape index (κ2) is 6.17. The number of hydrogen-bond acceptors (Lipinski definition) is 6. The number of amides is 1. The van der Waals surface area contributed by atoms with Gasteiger partial charge in [0.05, 0.1) is 19.9 Å². The largest absolute Gasteiger partial charge is 0.493 e. The summed E-state index contributed by atoms with van der Waals surface area (Å²) < 4.78 is 10.9. The third-order valence-corrected chi connectivity index (χ3v) is 5.58. The molecule has 0 spiro atoms. The molecule has 3 aromatic rings. The number of fused-ring (bicyclic) bond motifs is 3. The van der Waals surface area contributed by atoms with Crippen molar-refractivity contribution in [1.29, 1.82) is 0 Å². The Balaban J connectivity index is 1.85. The first kappa shape index (κ1) is 16.7. The van der Waals surface area contributed by atoms with Crippen molar-refractivity contribution in [2.75, 3.05) is 19.5 Å². The molecule has 0 fully saturated rings. The second-order valence-electron chi connectivity index (χ2n) is 6.20. The lowest BCUT2D eigenvalue weighted by Gasteiger charge is -2.28. The molecule has 1 aliphatic heterocycles. The van der Waals surface area contributed by atoms with E-state index in [4.69, 9.17) is 9.47 Å². The molecule has 0 saturated carbocycles. The van der Waals surface area contributed by atoms with Gasteiger partial charge >= 0.3 is 0 Å². The lowest BCUT2D eigenvalue weighted by atomic mass is 10.1. The summed E-state index contributed by atoms with van der Waals surface area (Å²) in [4.78, 5) is 18.9. The van der Waals surface area contributed by atoms with Crippen molar-refractivity contribution >= 4 is 33.1 Å². The van der Waals surface area contributed by atoms with Crippen molar-refractivity contribution in [2.24, 2.45) is 0 Å². The van der Waals surface area contributed by atoms with Crippen LogP contribution in [0.15, 0.2) is 24.3 Å². The molecule has 0 aliphatic carbocycles. The van der Waals surface area contributed by atoms with Crippen LogP contribution in [-0.2, 0) is 0 Å². The van der Waals surface area contributed by atoms with Crippen molar-refractivity contribution in [3.8, 4) is 11.5 Å². The SMILES string of the molecule is COc1cccc([C@H]2NC(=O)c3sc4nc(C)cc(C)c4c3N2)c1OC. The van der Waals surface area contributed by atoms with Gasteiger partial charge in [0, 0.05) is 16.6 Å². The number of aromatic nitrogens is 1. The van der Waals surface area contributed by atoms with Crippen LogP contribution in [0.3, 0.4) is 0 Å². The topological polar surface area (TPSA) is 72.5 Å². The molecule has 0 saturated heterocycles. The van der Waals surface area contributed by atoms with E-state index in [1.165, 1.54) is 11.3 Å². The molecule has 2 N–H and O–H groups in total. The normalized spacial score (nSPS) is 16.0. The average Bonchev–Trinajstić information content (AvgIpc) is 2.99. The van der Waals surface area contributed by atoms with E-state index >= 15 is 0 Å². The summed E-state index contributed by atoms with van der Waals surface area (Å²) in [5.41, 5.74) is 3.68. The van der Waals surface area contributed by atoms with Crippen LogP contribution in [0.1, 0.15) is 32.7 Å². The van der Waals surface area contributed by atoms with Crippen LogP contribution in [-0.4, -0.2) is 25.1 Å². The van der Waals surface area contributed by atoms with Crippen LogP contribution in [0, 0.1) is 13.8 Å². The second-order valence-corrected chi connectivity index (χ2v) is 7.20. The van der Waals surface area contributed by atoms with Crippen molar-refractivity contribution < 1.29 is 14.3 Å². The number of pyridine rings is 1. The standard InChI is InChI=1S/C19H19N3O3S/c1-9-8-10(2)20-19-13(9)14-16(26-19)18(23)22-17(21-14)11-6-5-7-12(24-3)15(11)25-4/h5-8,17,21H,1-4H3,(H,22,23)/t17-/m1/s1. The molecule has 0 bridgehead atoms. The molecular weight excluding hydrogens is 350 g/mol. The summed E-state index contributed by atoms with van der Waals surface area (Å²) in [6.45, 7) is 4.00. The van der Waals surface area contributed by atoms with Crippen LogP contribution in [0.2, 0.25) is 0 Å². The van der Waals surface area contributed by atoms with Gasteiger partial charge in [-0.2, -0.15) is 0 Å². The lowest BCUT2D eigenvalue weighted by molar-refractivity contribution is 0.0939. The van der Waals surface area contributed by atoms with Gasteiger partial charge in [-0.05, 0) is 31.5 Å². The van der Waals surface area contributed by atoms with Gasteiger partial charge < -0.3 is 20.1 Å². The summed E-state index contributed by atoms with van der Waals surface area (Å²) in [6.07, 6.45) is -0.418. The predicted octanol–water partition coefficient (Wildman–Crippen LogP) is 3.78. The molecular formula is C19H19N3O3S. The number of nitrogens with zero attached hydrogens (tertiary/aromatic N) is 1. The minimum absolute atomic E-state index is 0.117. The van der Waals surface area contributed by atoms with E-state index in [0.717, 1.165) is 32.7 Å². The minimum Gasteiger partial charge on any atom is -0.493 e. The third kappa shape index (κ3) is 2.47. The first-order chi connectivity index (χ1) is 12.5. The number of carbonyl (C=O) groups is 1. The molecule has 26 heavy (non-hydrogen) atoms. The Morgan fingerprint density at radius 3 is 2.69 bits per heavy atom. The van der Waals surface area contributed by atoms with Gasteiger partial charge in [-0.3, -0.25) is 4.79 Å². The van der Waals surface area contributed by atoms with Gasteiger partial charge in [0.15, 0.2) is 11.5 Å². The molecule has 2 aromatic heterocycles. The van der Waals surface area contributed by atoms with E-state index in [1.54, 1.807) is 14.2 Å². The molecule has 134 valence electrons. The predicted molar refractivity (Wildman–Crippen MR) is 102 cm³/mol. The van der Waals surface area contributed by atoms with E-state index in [-0.39, 0.29) is 5.91 Å². The maximum atomic E-state index is 12.7. The van der Waals surface area contributed by atoms with Gasteiger partial charge in [0.1, 0.15) is 15.9 Å². The number of aryl methyl sites for hydroxylation is 2. The zero-order valence-electron chi connectivity index (χ0n) is 15.0. The number of carbonyl (C=O) groups excluding carboxylic acids is 1. The fraction of sp³-hybridized carbons (Fsp3) is 0.263. The average molecular weight is 369 g/mol. The van der Waals surface area contributed by atoms with Crippen molar-refractivity contribution in [2.45, 2.75) is 20.0 Å². The maximum absolute atomic E-state index is 12.7. The fourth-order valence-corrected chi connectivity index (χ4v) is 4.57. The number of hydrogen-bond donors (Lipinski definition) is 2. The molecule has 1 atom stereocenters. The van der Waals surface area contributed by atoms with E-state index in [9.17, 15) is 4.79 Å². The van der Waals surface area contributed by atoms with E-state index in [0.29, 0.717) is 16.4 Å². The fourth-order valence-electron chi connectivity index (χ4n) is 3.41. The Kier molecular flexibility index (Phi) is 3.96. The van der Waals surface area contributed by atoms with Crippen LogP contribution in [0.4, 0.5) is 5.69 Å². The molecule has 1 aromatic carbocycles. The van der Waals surface area contributed by atoms with E-state index < -0.39 is 6.17 Å². The smallest absolute Gasteiger partial charge is 0.265 e. The molecule has 0 radical (unpaired) electrons. The molecule has 6 nitrogen and oxygen atoms in total. The van der Waals surface area contributed by atoms with E-state index in [1.807, 2.05) is 38.1 Å². The highest BCUT2D eigenvalue weighted by Crippen LogP contribution is 2.43. The van der Waals surface area contributed by atoms with E-state index in [2.05, 4.69) is 15.6 Å². The van der Waals surface area contributed by atoms with Gasteiger partial charge in [-0.15, -0.1) is 11.3 Å². The molecule has 4 rings (SSSR count). The molecule has 1 amide bonds. The number of anilines is 1. The third-order valence-electron chi connectivity index (χ3n) is 4.50.